The summed E-state index contributed by atoms with van der Waals surface area (Å²) in [5.41, 5.74) is -1.05. The summed E-state index contributed by atoms with van der Waals surface area (Å²) >= 11 is 0. The van der Waals surface area contributed by atoms with Gasteiger partial charge in [0.1, 0.15) is 28.6 Å². The van der Waals surface area contributed by atoms with Gasteiger partial charge in [-0.2, -0.15) is 5.10 Å². The highest BCUT2D eigenvalue weighted by molar-refractivity contribution is 7.90. The molecule has 10 heteroatoms. The Hall–Kier alpha value is -3.66. The quantitative estimate of drug-likeness (QED) is 0.370. The van der Waals surface area contributed by atoms with E-state index in [0.717, 1.165) is 18.2 Å². The lowest BCUT2D eigenvalue weighted by Gasteiger charge is -2.13. The number of ketones is 1. The van der Waals surface area contributed by atoms with Gasteiger partial charge in [-0.05, 0) is 24.3 Å². The average Bonchev–Trinajstić information content (AvgIpc) is 3.49. The Kier molecular flexibility index (Phi) is 5.63. The zero-order chi connectivity index (χ0) is 24.9. The Morgan fingerprint density at radius 2 is 1.89 bits per heavy atom. The molecule has 1 N–H and O–H groups in total. The number of rotatable bonds is 6. The van der Waals surface area contributed by atoms with Crippen molar-refractivity contribution in [3.63, 3.8) is 0 Å². The number of sulfone groups is 1. The summed E-state index contributed by atoms with van der Waals surface area (Å²) in [4.78, 5) is 12.1. The van der Waals surface area contributed by atoms with Crippen LogP contribution in [0.3, 0.4) is 0 Å². The predicted molar refractivity (Wildman–Crippen MR) is 123 cm³/mol. The summed E-state index contributed by atoms with van der Waals surface area (Å²) in [7, 11) is -4.02. The highest BCUT2D eigenvalue weighted by Gasteiger charge is 2.28. The number of benzene rings is 3. The molecule has 0 saturated carbocycles. The minimum absolute atomic E-state index is 0.0232. The summed E-state index contributed by atoms with van der Waals surface area (Å²) in [5.74, 6) is -3.84. The Bertz CT molecular complexity index is 1610. The lowest BCUT2D eigenvalue weighted by atomic mass is 9.99. The minimum atomic E-state index is -4.02. The largest absolute Gasteiger partial charge is 0.493 e. The van der Waals surface area contributed by atoms with Crippen molar-refractivity contribution in [3.05, 3.63) is 76.7 Å². The normalized spacial score (nSPS) is 13.1. The molecule has 3 aromatic carbocycles. The third kappa shape index (κ3) is 3.78. The van der Waals surface area contributed by atoms with Gasteiger partial charge >= 0.3 is 0 Å². The fourth-order valence-corrected chi connectivity index (χ4v) is 6.00. The molecule has 0 saturated heterocycles. The molecule has 2 heterocycles. The van der Waals surface area contributed by atoms with E-state index in [-0.39, 0.29) is 39.3 Å². The van der Waals surface area contributed by atoms with Gasteiger partial charge in [0.15, 0.2) is 21.4 Å². The SMILES string of the molecule is CCC(=O)c1[nH]nc2c(F)c(-c3c(F)ccc(CS(=O)(=O)c4cccc5c4CCO5)c3F)ccc12. The van der Waals surface area contributed by atoms with Gasteiger partial charge in [-0.1, -0.05) is 25.1 Å². The number of hydrogen-bond acceptors (Lipinski definition) is 5. The van der Waals surface area contributed by atoms with Crippen molar-refractivity contribution in [1.29, 1.82) is 0 Å². The van der Waals surface area contributed by atoms with Gasteiger partial charge in [0, 0.05) is 34.9 Å². The van der Waals surface area contributed by atoms with Crippen LogP contribution in [0.2, 0.25) is 0 Å². The third-order valence-corrected chi connectivity index (χ3v) is 7.83. The van der Waals surface area contributed by atoms with E-state index in [1.807, 2.05) is 0 Å². The number of H-pyrrole nitrogens is 1. The Balaban J connectivity index is 1.59. The maximum atomic E-state index is 15.5. The van der Waals surface area contributed by atoms with Gasteiger partial charge in [0.25, 0.3) is 0 Å². The van der Waals surface area contributed by atoms with Crippen LogP contribution in [0.25, 0.3) is 22.0 Å². The number of aromatic nitrogens is 2. The van der Waals surface area contributed by atoms with E-state index in [4.69, 9.17) is 4.74 Å². The zero-order valence-corrected chi connectivity index (χ0v) is 19.3. The summed E-state index contributed by atoms with van der Waals surface area (Å²) in [6.45, 7) is 1.98. The second-order valence-electron chi connectivity index (χ2n) is 8.18. The smallest absolute Gasteiger partial charge is 0.183 e. The second-order valence-corrected chi connectivity index (χ2v) is 10.1. The average molecular weight is 500 g/mol. The molecule has 1 aliphatic rings. The van der Waals surface area contributed by atoms with Gasteiger partial charge < -0.3 is 4.74 Å². The molecule has 1 aromatic heterocycles. The summed E-state index contributed by atoms with van der Waals surface area (Å²) < 4.78 is 77.3. The predicted octanol–water partition coefficient (Wildman–Crippen LogP) is 5.15. The first-order chi connectivity index (χ1) is 16.7. The monoisotopic (exact) mass is 500 g/mol. The van der Waals surface area contributed by atoms with Crippen molar-refractivity contribution < 1.29 is 31.1 Å². The van der Waals surface area contributed by atoms with Crippen molar-refractivity contribution in [2.45, 2.75) is 30.4 Å². The van der Waals surface area contributed by atoms with E-state index in [1.54, 1.807) is 13.0 Å². The molecule has 0 amide bonds. The topological polar surface area (TPSA) is 89.1 Å². The maximum absolute atomic E-state index is 15.5. The summed E-state index contributed by atoms with van der Waals surface area (Å²) in [6, 6.07) is 9.07. The van der Waals surface area contributed by atoms with Gasteiger partial charge in [-0.25, -0.2) is 21.6 Å². The first-order valence-corrected chi connectivity index (χ1v) is 12.5. The van der Waals surface area contributed by atoms with E-state index in [1.165, 1.54) is 18.2 Å². The van der Waals surface area contributed by atoms with Crippen molar-refractivity contribution >= 4 is 26.5 Å². The molecule has 5 rings (SSSR count). The molecule has 0 bridgehead atoms. The van der Waals surface area contributed by atoms with E-state index in [9.17, 15) is 17.6 Å². The van der Waals surface area contributed by atoms with Gasteiger partial charge in [0.2, 0.25) is 0 Å². The number of carbonyl (C=O) groups is 1. The van der Waals surface area contributed by atoms with E-state index >= 15 is 8.78 Å². The van der Waals surface area contributed by atoms with Crippen molar-refractivity contribution in [1.82, 2.24) is 10.2 Å². The number of fused-ring (bicyclic) bond motifs is 2. The first kappa shape index (κ1) is 23.1. The van der Waals surface area contributed by atoms with Crippen LogP contribution < -0.4 is 4.74 Å². The van der Waals surface area contributed by atoms with Crippen LogP contribution in [0.5, 0.6) is 5.75 Å². The lowest BCUT2D eigenvalue weighted by molar-refractivity contribution is 0.0985. The number of nitrogens with one attached hydrogen (secondary N) is 1. The highest BCUT2D eigenvalue weighted by atomic mass is 32.2. The fraction of sp³-hybridized carbons (Fsp3) is 0.200. The number of Topliss-reactive ketones (excluding diaryl/α,β-unsaturated/α-hetero) is 1. The van der Waals surface area contributed by atoms with Crippen LogP contribution in [-0.4, -0.2) is 31.0 Å². The molecule has 0 unspecified atom stereocenters. The van der Waals surface area contributed by atoms with Crippen molar-refractivity contribution in [3.8, 4) is 16.9 Å². The molecule has 0 radical (unpaired) electrons. The van der Waals surface area contributed by atoms with E-state index in [0.29, 0.717) is 24.3 Å². The Morgan fingerprint density at radius 3 is 2.66 bits per heavy atom. The molecule has 35 heavy (non-hydrogen) atoms. The van der Waals surface area contributed by atoms with E-state index < -0.39 is 44.2 Å². The molecule has 1 aliphatic heterocycles. The molecule has 4 aromatic rings. The lowest BCUT2D eigenvalue weighted by Crippen LogP contribution is -2.10. The minimum Gasteiger partial charge on any atom is -0.493 e. The Morgan fingerprint density at radius 1 is 1.09 bits per heavy atom. The third-order valence-electron chi connectivity index (χ3n) is 6.09. The number of aromatic amines is 1. The Labute approximate surface area is 198 Å². The van der Waals surface area contributed by atoms with Gasteiger partial charge in [-0.3, -0.25) is 9.89 Å². The number of halogens is 3. The van der Waals surface area contributed by atoms with Crippen molar-refractivity contribution in [2.75, 3.05) is 6.61 Å². The van der Waals surface area contributed by atoms with E-state index in [2.05, 4.69) is 10.2 Å². The molecular weight excluding hydrogens is 481 g/mol. The zero-order valence-electron chi connectivity index (χ0n) is 18.5. The molecule has 0 fully saturated rings. The molecule has 0 atom stereocenters. The molecule has 6 nitrogen and oxygen atoms in total. The van der Waals surface area contributed by atoms with Gasteiger partial charge in [-0.15, -0.1) is 0 Å². The molecule has 180 valence electrons. The number of carbonyl (C=O) groups excluding carboxylic acids is 1. The van der Waals surface area contributed by atoms with Gasteiger partial charge in [0.05, 0.1) is 22.8 Å². The van der Waals surface area contributed by atoms with Crippen LogP contribution in [-0.2, 0) is 22.0 Å². The highest BCUT2D eigenvalue weighted by Crippen LogP contribution is 2.36. The second kappa shape index (κ2) is 8.53. The summed E-state index contributed by atoms with van der Waals surface area (Å²) in [6.07, 6.45) is 0.566. The van der Waals surface area contributed by atoms with Crippen LogP contribution in [0, 0.1) is 17.5 Å². The maximum Gasteiger partial charge on any atom is 0.183 e. The molecule has 0 aliphatic carbocycles. The van der Waals surface area contributed by atoms with Crippen molar-refractivity contribution in [2.24, 2.45) is 0 Å². The van der Waals surface area contributed by atoms with Crippen LogP contribution >= 0.6 is 0 Å². The van der Waals surface area contributed by atoms with Crippen LogP contribution in [0.1, 0.15) is 35.0 Å². The molecule has 0 spiro atoms. The first-order valence-electron chi connectivity index (χ1n) is 10.9. The fourth-order valence-electron chi connectivity index (χ4n) is 4.35. The number of hydrogen-bond donors (Lipinski definition) is 1. The number of nitrogens with zero attached hydrogens (tertiary/aromatic N) is 1. The standard InChI is InChI=1S/C25H19F3N2O4S/c1-2-18(31)24-16-8-7-15(23(28)25(16)30-29-24)21-17(26)9-6-13(22(21)27)12-35(32,33)20-5-3-4-19-14(20)10-11-34-19/h3-9H,2,10-12H2,1H3,(H,29,30). The summed E-state index contributed by atoms with van der Waals surface area (Å²) in [5, 5.41) is 6.48. The number of ether oxygens (including phenoxy) is 1. The molecular formula is C25H19F3N2O4S. The van der Waals surface area contributed by atoms with Crippen LogP contribution in [0.4, 0.5) is 13.2 Å². The van der Waals surface area contributed by atoms with Crippen LogP contribution in [0.15, 0.2) is 47.4 Å².